The fourth-order valence-electron chi connectivity index (χ4n) is 2.72. The van der Waals surface area contributed by atoms with Crippen LogP contribution in [0.3, 0.4) is 0 Å². The number of methoxy groups -OCH3 is 1. The summed E-state index contributed by atoms with van der Waals surface area (Å²) in [5.41, 5.74) is 2.89. The van der Waals surface area contributed by atoms with E-state index in [4.69, 9.17) is 9.47 Å². The van der Waals surface area contributed by atoms with Crippen LogP contribution in [-0.2, 0) is 17.9 Å². The molecule has 0 heterocycles. The Morgan fingerprint density at radius 3 is 2.23 bits per heavy atom. The second-order valence-corrected chi connectivity index (χ2v) is 7.00. The summed E-state index contributed by atoms with van der Waals surface area (Å²) in [6.07, 6.45) is 0.873. The summed E-state index contributed by atoms with van der Waals surface area (Å²) in [4.78, 5) is 17.7. The molecule has 170 valence electrons. The topological polar surface area (TPSA) is 75.2 Å². The monoisotopic (exact) mass is 540 g/mol. The van der Waals surface area contributed by atoms with Gasteiger partial charge >= 0.3 is 0 Å². The quantitative estimate of drug-likeness (QED) is 0.210. The summed E-state index contributed by atoms with van der Waals surface area (Å²) >= 11 is 0. The summed E-state index contributed by atoms with van der Waals surface area (Å²) in [7, 11) is 6.90. The molecule has 0 unspecified atom stereocenters. The maximum absolute atomic E-state index is 11.9. The Morgan fingerprint density at radius 2 is 1.65 bits per heavy atom. The van der Waals surface area contributed by atoms with Gasteiger partial charge in [-0.15, -0.1) is 24.0 Å². The van der Waals surface area contributed by atoms with Gasteiger partial charge in [0.2, 0.25) is 0 Å². The molecule has 0 radical (unpaired) electrons. The van der Waals surface area contributed by atoms with Gasteiger partial charge < -0.3 is 25.0 Å². The van der Waals surface area contributed by atoms with Gasteiger partial charge in [0.1, 0.15) is 5.75 Å². The third kappa shape index (κ3) is 9.56. The maximum Gasteiger partial charge on any atom is 0.253 e. The van der Waals surface area contributed by atoms with Gasteiger partial charge in [-0.05, 0) is 41.8 Å². The Morgan fingerprint density at radius 1 is 1.00 bits per heavy atom. The Bertz CT molecular complexity index is 809. The van der Waals surface area contributed by atoms with Crippen LogP contribution in [0.1, 0.15) is 27.9 Å². The average molecular weight is 540 g/mol. The zero-order valence-electron chi connectivity index (χ0n) is 18.7. The first-order valence-corrected chi connectivity index (χ1v) is 9.99. The molecule has 2 aromatic rings. The predicted octanol–water partition coefficient (Wildman–Crippen LogP) is 3.29. The van der Waals surface area contributed by atoms with E-state index < -0.39 is 0 Å². The van der Waals surface area contributed by atoms with E-state index in [1.165, 1.54) is 0 Å². The van der Waals surface area contributed by atoms with Gasteiger partial charge in [-0.25, -0.2) is 0 Å². The van der Waals surface area contributed by atoms with Gasteiger partial charge in [0.15, 0.2) is 5.96 Å². The lowest BCUT2D eigenvalue weighted by atomic mass is 10.1. The molecular formula is C23H33IN4O3. The number of carbonyl (C=O) groups excluding carboxylic acids is 1. The first-order chi connectivity index (χ1) is 14.5. The number of hydrogen-bond acceptors (Lipinski definition) is 4. The molecule has 0 aliphatic carbocycles. The van der Waals surface area contributed by atoms with Crippen molar-refractivity contribution in [2.75, 3.05) is 41.4 Å². The summed E-state index contributed by atoms with van der Waals surface area (Å²) in [6.45, 7) is 2.64. The van der Waals surface area contributed by atoms with Gasteiger partial charge in [0.25, 0.3) is 5.91 Å². The van der Waals surface area contributed by atoms with Gasteiger partial charge in [-0.3, -0.25) is 9.79 Å². The van der Waals surface area contributed by atoms with E-state index >= 15 is 0 Å². The second kappa shape index (κ2) is 14.6. The molecule has 0 aliphatic heterocycles. The van der Waals surface area contributed by atoms with Crippen molar-refractivity contribution in [1.29, 1.82) is 0 Å². The number of nitrogens with one attached hydrogen (secondary N) is 2. The first-order valence-electron chi connectivity index (χ1n) is 9.99. The number of nitrogens with zero attached hydrogens (tertiary/aromatic N) is 2. The van der Waals surface area contributed by atoms with Crippen molar-refractivity contribution in [3.05, 3.63) is 65.2 Å². The lowest BCUT2D eigenvalue weighted by Crippen LogP contribution is -2.37. The molecule has 0 fully saturated rings. The number of halogens is 1. The number of benzene rings is 2. The van der Waals surface area contributed by atoms with Crippen molar-refractivity contribution in [2.45, 2.75) is 19.6 Å². The van der Waals surface area contributed by atoms with Gasteiger partial charge in [0, 0.05) is 46.4 Å². The fraction of sp³-hybridized carbons (Fsp3) is 0.391. The molecule has 7 nitrogen and oxygen atoms in total. The second-order valence-electron chi connectivity index (χ2n) is 7.00. The van der Waals surface area contributed by atoms with E-state index in [0.29, 0.717) is 25.3 Å². The molecular weight excluding hydrogens is 507 g/mol. The van der Waals surface area contributed by atoms with Crippen LogP contribution in [0.4, 0.5) is 0 Å². The van der Waals surface area contributed by atoms with Gasteiger partial charge in [-0.1, -0.05) is 24.3 Å². The van der Waals surface area contributed by atoms with Crippen LogP contribution in [0.25, 0.3) is 0 Å². The molecule has 2 N–H and O–H groups in total. The molecule has 31 heavy (non-hydrogen) atoms. The molecule has 0 saturated carbocycles. The number of amides is 1. The van der Waals surface area contributed by atoms with Crippen LogP contribution >= 0.6 is 24.0 Å². The minimum Gasteiger partial charge on any atom is -0.497 e. The SMILES string of the molecule is CN=C(NCCCOCc1ccc(OC)cc1)NCc1ccc(C(=O)N(C)C)cc1.I. The number of hydrogen-bond donors (Lipinski definition) is 2. The van der Waals surface area contributed by atoms with Gasteiger partial charge in [-0.2, -0.15) is 0 Å². The number of guanidine groups is 1. The van der Waals surface area contributed by atoms with Crippen molar-refractivity contribution in [2.24, 2.45) is 4.99 Å². The highest BCUT2D eigenvalue weighted by molar-refractivity contribution is 14.0. The number of ether oxygens (including phenoxy) is 2. The summed E-state index contributed by atoms with van der Waals surface area (Å²) in [5, 5.41) is 6.56. The molecule has 0 aromatic heterocycles. The van der Waals surface area contributed by atoms with Crippen molar-refractivity contribution >= 4 is 35.8 Å². The molecule has 2 rings (SSSR count). The summed E-state index contributed by atoms with van der Waals surface area (Å²) in [5.74, 6) is 1.58. The Labute approximate surface area is 202 Å². The van der Waals surface area contributed by atoms with E-state index in [9.17, 15) is 4.79 Å². The molecule has 0 spiro atoms. The Kier molecular flexibility index (Phi) is 12.6. The molecule has 2 aromatic carbocycles. The molecule has 0 bridgehead atoms. The van der Waals surface area contributed by atoms with Gasteiger partial charge in [0.05, 0.1) is 13.7 Å². The lowest BCUT2D eigenvalue weighted by molar-refractivity contribution is 0.0827. The van der Waals surface area contributed by atoms with Crippen molar-refractivity contribution in [3.8, 4) is 5.75 Å². The highest BCUT2D eigenvalue weighted by Gasteiger charge is 2.07. The number of carbonyl (C=O) groups is 1. The Hall–Kier alpha value is -2.33. The van der Waals surface area contributed by atoms with E-state index in [-0.39, 0.29) is 29.9 Å². The van der Waals surface area contributed by atoms with Crippen molar-refractivity contribution in [1.82, 2.24) is 15.5 Å². The summed E-state index contributed by atoms with van der Waals surface area (Å²) < 4.78 is 10.9. The smallest absolute Gasteiger partial charge is 0.253 e. The maximum atomic E-state index is 11.9. The van der Waals surface area contributed by atoms with E-state index in [2.05, 4.69) is 15.6 Å². The zero-order valence-corrected chi connectivity index (χ0v) is 21.0. The predicted molar refractivity (Wildman–Crippen MR) is 135 cm³/mol. The van der Waals surface area contributed by atoms with Crippen LogP contribution in [0.15, 0.2) is 53.5 Å². The van der Waals surface area contributed by atoms with Crippen LogP contribution in [0.2, 0.25) is 0 Å². The van der Waals surface area contributed by atoms with Crippen LogP contribution in [-0.4, -0.2) is 58.2 Å². The molecule has 1 amide bonds. The Balaban J connectivity index is 0.00000480. The van der Waals surface area contributed by atoms with E-state index in [1.54, 1.807) is 33.2 Å². The zero-order chi connectivity index (χ0) is 21.8. The van der Waals surface area contributed by atoms with Crippen molar-refractivity contribution < 1.29 is 14.3 Å². The standard InChI is InChI=1S/C23H32N4O3.HI/c1-24-23(26-16-18-6-10-20(11-7-18)22(28)27(2)3)25-14-5-15-30-17-19-8-12-21(29-4)13-9-19;/h6-13H,5,14-17H2,1-4H3,(H2,24,25,26);1H. The number of aliphatic imine (C=N–C) groups is 1. The molecule has 0 saturated heterocycles. The normalized spacial score (nSPS) is 10.8. The van der Waals surface area contributed by atoms with Crippen LogP contribution < -0.4 is 15.4 Å². The number of rotatable bonds is 10. The fourth-order valence-corrected chi connectivity index (χ4v) is 2.72. The average Bonchev–Trinajstić information content (AvgIpc) is 2.78. The molecule has 8 heteroatoms. The van der Waals surface area contributed by atoms with Crippen LogP contribution in [0.5, 0.6) is 5.75 Å². The third-order valence-corrected chi connectivity index (χ3v) is 4.48. The lowest BCUT2D eigenvalue weighted by Gasteiger charge is -2.13. The van der Waals surface area contributed by atoms with Crippen LogP contribution in [0, 0.1) is 0 Å². The minimum atomic E-state index is 0. The van der Waals surface area contributed by atoms with E-state index in [1.807, 2.05) is 48.5 Å². The third-order valence-electron chi connectivity index (χ3n) is 4.48. The largest absolute Gasteiger partial charge is 0.497 e. The first kappa shape index (κ1) is 26.7. The van der Waals surface area contributed by atoms with Crippen molar-refractivity contribution in [3.63, 3.8) is 0 Å². The highest BCUT2D eigenvalue weighted by atomic mass is 127. The molecule has 0 aliphatic rings. The minimum absolute atomic E-state index is 0. The molecule has 0 atom stereocenters. The summed E-state index contributed by atoms with van der Waals surface area (Å²) in [6, 6.07) is 15.5. The highest BCUT2D eigenvalue weighted by Crippen LogP contribution is 2.12. The van der Waals surface area contributed by atoms with E-state index in [0.717, 1.165) is 35.8 Å².